The predicted molar refractivity (Wildman–Crippen MR) is 109 cm³/mol. The molecule has 1 aromatic heterocycles. The highest BCUT2D eigenvalue weighted by Crippen LogP contribution is 2.17. The van der Waals surface area contributed by atoms with Crippen LogP contribution in [0.1, 0.15) is 11.1 Å². The van der Waals surface area contributed by atoms with Crippen molar-refractivity contribution in [2.75, 3.05) is 12.4 Å². The van der Waals surface area contributed by atoms with Crippen molar-refractivity contribution in [2.45, 2.75) is 13.1 Å². The van der Waals surface area contributed by atoms with E-state index in [0.29, 0.717) is 18.2 Å². The minimum atomic E-state index is -0.253. The molecule has 0 radical (unpaired) electrons. The molecule has 0 bridgehead atoms. The molecular formula is C21H20FN3OS. The molecular weight excluding hydrogens is 361 g/mol. The van der Waals surface area contributed by atoms with E-state index in [4.69, 9.17) is 17.0 Å². The molecule has 138 valence electrons. The Morgan fingerprint density at radius 3 is 2.37 bits per heavy atom. The number of thiocarbonyl (C=S) groups is 1. The first-order chi connectivity index (χ1) is 13.1. The van der Waals surface area contributed by atoms with Crippen LogP contribution >= 0.6 is 12.2 Å². The molecule has 6 heteroatoms. The quantitative estimate of drug-likeness (QED) is 0.630. The Labute approximate surface area is 163 Å². The standard InChI is InChI=1S/C21H20FN3OS/c1-26-20-10-8-19(9-11-20)24-21(27)25(15-17-3-2-12-23-13-17)14-16-4-6-18(22)7-5-16/h2-13H,14-15H2,1H3,(H,24,27). The fourth-order valence-corrected chi connectivity index (χ4v) is 2.85. The van der Waals surface area contributed by atoms with E-state index in [-0.39, 0.29) is 5.82 Å². The van der Waals surface area contributed by atoms with Crippen LogP contribution < -0.4 is 10.1 Å². The number of aromatic nitrogens is 1. The van der Waals surface area contributed by atoms with Gasteiger partial charge in [-0.05, 0) is 65.8 Å². The number of benzene rings is 2. The fourth-order valence-electron chi connectivity index (χ4n) is 2.60. The number of pyridine rings is 1. The molecule has 0 atom stereocenters. The van der Waals surface area contributed by atoms with Gasteiger partial charge in [-0.1, -0.05) is 18.2 Å². The van der Waals surface area contributed by atoms with Gasteiger partial charge in [0.25, 0.3) is 0 Å². The Morgan fingerprint density at radius 2 is 1.74 bits per heavy atom. The minimum absolute atomic E-state index is 0.253. The van der Waals surface area contributed by atoms with E-state index in [2.05, 4.69) is 10.3 Å². The third-order valence-corrected chi connectivity index (χ3v) is 4.37. The van der Waals surface area contributed by atoms with Gasteiger partial charge in [0.2, 0.25) is 0 Å². The van der Waals surface area contributed by atoms with Crippen molar-refractivity contribution in [3.05, 3.63) is 90.0 Å². The minimum Gasteiger partial charge on any atom is -0.497 e. The molecule has 0 spiro atoms. The molecule has 0 aliphatic rings. The second-order valence-electron chi connectivity index (χ2n) is 6.00. The second kappa shape index (κ2) is 9.09. The molecule has 0 saturated heterocycles. The molecule has 4 nitrogen and oxygen atoms in total. The van der Waals surface area contributed by atoms with Crippen molar-refractivity contribution < 1.29 is 9.13 Å². The summed E-state index contributed by atoms with van der Waals surface area (Å²) in [6, 6.07) is 17.9. The highest BCUT2D eigenvalue weighted by molar-refractivity contribution is 7.80. The lowest BCUT2D eigenvalue weighted by Crippen LogP contribution is -2.33. The average Bonchev–Trinajstić information content (AvgIpc) is 2.70. The van der Waals surface area contributed by atoms with Crippen LogP contribution in [0, 0.1) is 5.82 Å². The molecule has 0 aliphatic heterocycles. The maximum absolute atomic E-state index is 13.2. The zero-order valence-corrected chi connectivity index (χ0v) is 15.7. The largest absolute Gasteiger partial charge is 0.497 e. The first kappa shape index (κ1) is 18.8. The van der Waals surface area contributed by atoms with Crippen LogP contribution in [0.2, 0.25) is 0 Å². The summed E-state index contributed by atoms with van der Waals surface area (Å²) >= 11 is 5.63. The summed E-state index contributed by atoms with van der Waals surface area (Å²) < 4.78 is 18.4. The van der Waals surface area contributed by atoms with Crippen LogP contribution in [-0.4, -0.2) is 22.1 Å². The summed E-state index contributed by atoms with van der Waals surface area (Å²) in [6.45, 7) is 1.14. The van der Waals surface area contributed by atoms with Crippen molar-refractivity contribution >= 4 is 23.0 Å². The Morgan fingerprint density at radius 1 is 1.04 bits per heavy atom. The first-order valence-electron chi connectivity index (χ1n) is 8.47. The van der Waals surface area contributed by atoms with Gasteiger partial charge in [0.05, 0.1) is 7.11 Å². The summed E-state index contributed by atoms with van der Waals surface area (Å²) in [5.41, 5.74) is 2.88. The van der Waals surface area contributed by atoms with Crippen LogP contribution in [0.15, 0.2) is 73.1 Å². The normalized spacial score (nSPS) is 10.3. The van der Waals surface area contributed by atoms with Gasteiger partial charge in [-0.15, -0.1) is 0 Å². The van der Waals surface area contributed by atoms with E-state index < -0.39 is 0 Å². The maximum Gasteiger partial charge on any atom is 0.174 e. The van der Waals surface area contributed by atoms with Gasteiger partial charge >= 0.3 is 0 Å². The van der Waals surface area contributed by atoms with E-state index in [9.17, 15) is 4.39 Å². The van der Waals surface area contributed by atoms with Crippen molar-refractivity contribution in [3.8, 4) is 5.75 Å². The van der Waals surface area contributed by atoms with Crippen molar-refractivity contribution in [2.24, 2.45) is 0 Å². The second-order valence-corrected chi connectivity index (χ2v) is 6.39. The smallest absolute Gasteiger partial charge is 0.174 e. The summed E-state index contributed by atoms with van der Waals surface area (Å²) in [5.74, 6) is 0.529. The number of methoxy groups -OCH3 is 1. The maximum atomic E-state index is 13.2. The average molecular weight is 381 g/mol. The number of halogens is 1. The molecule has 3 aromatic rings. The van der Waals surface area contributed by atoms with Crippen LogP contribution in [0.4, 0.5) is 10.1 Å². The summed E-state index contributed by atoms with van der Waals surface area (Å²) in [4.78, 5) is 6.18. The molecule has 1 heterocycles. The number of hydrogen-bond acceptors (Lipinski definition) is 3. The molecule has 2 aromatic carbocycles. The van der Waals surface area contributed by atoms with Crippen molar-refractivity contribution in [1.29, 1.82) is 0 Å². The number of rotatable bonds is 6. The van der Waals surface area contributed by atoms with E-state index >= 15 is 0 Å². The predicted octanol–water partition coefficient (Wildman–Crippen LogP) is 4.63. The Kier molecular flexibility index (Phi) is 6.33. The molecule has 27 heavy (non-hydrogen) atoms. The van der Waals surface area contributed by atoms with Crippen LogP contribution in [0.5, 0.6) is 5.75 Å². The van der Waals surface area contributed by atoms with Gasteiger partial charge in [0, 0.05) is 31.2 Å². The molecule has 1 N–H and O–H groups in total. The first-order valence-corrected chi connectivity index (χ1v) is 8.88. The topological polar surface area (TPSA) is 37.4 Å². The number of hydrogen-bond donors (Lipinski definition) is 1. The summed E-state index contributed by atoms with van der Waals surface area (Å²) in [5, 5.41) is 3.83. The monoisotopic (exact) mass is 381 g/mol. The van der Waals surface area contributed by atoms with Crippen LogP contribution in [0.25, 0.3) is 0 Å². The van der Waals surface area contributed by atoms with Crippen molar-refractivity contribution in [1.82, 2.24) is 9.88 Å². The van der Waals surface area contributed by atoms with E-state index in [0.717, 1.165) is 22.6 Å². The van der Waals surface area contributed by atoms with Gasteiger partial charge in [-0.2, -0.15) is 0 Å². The molecule has 0 aliphatic carbocycles. The Hall–Kier alpha value is -2.99. The molecule has 0 unspecified atom stereocenters. The zero-order chi connectivity index (χ0) is 19.1. The number of ether oxygens (including phenoxy) is 1. The van der Waals surface area contributed by atoms with E-state index in [1.54, 1.807) is 25.4 Å². The highest BCUT2D eigenvalue weighted by atomic mass is 32.1. The van der Waals surface area contributed by atoms with Crippen LogP contribution in [-0.2, 0) is 13.1 Å². The van der Waals surface area contributed by atoms with Gasteiger partial charge in [0.15, 0.2) is 5.11 Å². The lowest BCUT2D eigenvalue weighted by molar-refractivity contribution is 0.411. The van der Waals surface area contributed by atoms with E-state index in [1.807, 2.05) is 47.5 Å². The number of nitrogens with zero attached hydrogens (tertiary/aromatic N) is 2. The summed E-state index contributed by atoms with van der Waals surface area (Å²) in [7, 11) is 1.63. The third kappa shape index (κ3) is 5.49. The van der Waals surface area contributed by atoms with Crippen LogP contribution in [0.3, 0.4) is 0 Å². The van der Waals surface area contributed by atoms with E-state index in [1.165, 1.54) is 12.1 Å². The Bertz CT molecular complexity index is 870. The van der Waals surface area contributed by atoms with Gasteiger partial charge < -0.3 is 15.0 Å². The summed E-state index contributed by atoms with van der Waals surface area (Å²) in [6.07, 6.45) is 3.55. The lowest BCUT2D eigenvalue weighted by atomic mass is 10.2. The fraction of sp³-hybridized carbons (Fsp3) is 0.143. The molecule has 0 amide bonds. The van der Waals surface area contributed by atoms with Gasteiger partial charge in [-0.25, -0.2) is 4.39 Å². The SMILES string of the molecule is COc1ccc(NC(=S)N(Cc2ccc(F)cc2)Cc2cccnc2)cc1. The number of anilines is 1. The third-order valence-electron chi connectivity index (χ3n) is 4.01. The zero-order valence-electron chi connectivity index (χ0n) is 14.9. The Balaban J connectivity index is 1.76. The highest BCUT2D eigenvalue weighted by Gasteiger charge is 2.12. The molecule has 0 fully saturated rings. The van der Waals surface area contributed by atoms with Crippen molar-refractivity contribution in [3.63, 3.8) is 0 Å². The molecule has 3 rings (SSSR count). The van der Waals surface area contributed by atoms with Gasteiger partial charge in [0.1, 0.15) is 11.6 Å². The molecule has 0 saturated carbocycles. The van der Waals surface area contributed by atoms with Gasteiger partial charge in [-0.3, -0.25) is 4.98 Å². The lowest BCUT2D eigenvalue weighted by Gasteiger charge is -2.26. The number of nitrogens with one attached hydrogen (secondary N) is 1.